The van der Waals surface area contributed by atoms with E-state index >= 15 is 0 Å². The van der Waals surface area contributed by atoms with Gasteiger partial charge in [-0.1, -0.05) is 12.1 Å². The largest absolute Gasteiger partial charge is 0.506 e. The zero-order chi connectivity index (χ0) is 28.1. The fourth-order valence-electron chi connectivity index (χ4n) is 1.80. The molecule has 0 aliphatic rings. The van der Waals surface area contributed by atoms with Gasteiger partial charge in [-0.15, -0.1) is 22.7 Å². The van der Waals surface area contributed by atoms with Gasteiger partial charge in [0, 0.05) is 44.7 Å². The summed E-state index contributed by atoms with van der Waals surface area (Å²) in [5.74, 6) is -5.46. The van der Waals surface area contributed by atoms with Gasteiger partial charge in [-0.2, -0.15) is 26.3 Å². The number of thiophene rings is 2. The Morgan fingerprint density at radius 2 is 1.24 bits per heavy atom. The maximum absolute atomic E-state index is 11.8. The van der Waals surface area contributed by atoms with Crippen molar-refractivity contribution >= 4 is 40.0 Å². The zero-order valence-electron chi connectivity index (χ0n) is 20.4. The third kappa shape index (κ3) is 17.1. The fraction of sp³-hybridized carbons (Fsp3) is 0.364. The normalized spacial score (nSPS) is 12.2. The number of hydrogen-bond donors (Lipinski definition) is 2. The second-order valence-electron chi connectivity index (χ2n) is 7.34. The minimum absolute atomic E-state index is 0. The van der Waals surface area contributed by atoms with Crippen molar-refractivity contribution in [1.82, 2.24) is 9.80 Å². The molecule has 0 amide bonds. The van der Waals surface area contributed by atoms with E-state index in [4.69, 9.17) is 10.2 Å². The van der Waals surface area contributed by atoms with Crippen LogP contribution in [0.5, 0.6) is 0 Å². The van der Waals surface area contributed by atoms with Crippen molar-refractivity contribution < 1.29 is 65.6 Å². The second-order valence-corrected chi connectivity index (χ2v) is 9.24. The molecule has 2 aromatic heterocycles. The molecule has 37 heavy (non-hydrogen) atoms. The summed E-state index contributed by atoms with van der Waals surface area (Å²) >= 11 is 2.06. The molecule has 0 saturated heterocycles. The first-order chi connectivity index (χ1) is 16.4. The molecule has 0 atom stereocenters. The molecule has 0 radical (unpaired) electrons. The summed E-state index contributed by atoms with van der Waals surface area (Å²) in [5, 5.41) is 20.7. The maximum Gasteiger partial charge on any atom is 0.454 e. The Morgan fingerprint density at radius 3 is 1.57 bits per heavy atom. The molecule has 204 valence electrons. The van der Waals surface area contributed by atoms with Crippen LogP contribution in [0.2, 0.25) is 0 Å². The van der Waals surface area contributed by atoms with Gasteiger partial charge in [0.15, 0.2) is 5.78 Å². The Hall–Kier alpha value is -2.06. The van der Waals surface area contributed by atoms with Gasteiger partial charge in [-0.3, -0.25) is 9.59 Å². The number of rotatable bonds is 7. The van der Waals surface area contributed by atoms with E-state index in [1.54, 1.807) is 16.8 Å². The van der Waals surface area contributed by atoms with Gasteiger partial charge in [-0.25, -0.2) is 0 Å². The van der Waals surface area contributed by atoms with Gasteiger partial charge in [0.1, 0.15) is 5.76 Å². The molecule has 0 fully saturated rings. The van der Waals surface area contributed by atoms with Crippen LogP contribution in [0.4, 0.5) is 26.3 Å². The molecule has 0 aliphatic carbocycles. The Labute approximate surface area is 231 Å². The molecule has 0 spiro atoms. The number of carbonyl (C=O) groups is 2. The predicted octanol–water partition coefficient (Wildman–Crippen LogP) is 5.82. The number of carbonyl (C=O) groups excluding carboxylic acids is 2. The number of aliphatic hydroxyl groups excluding tert-OH is 2. The molecule has 0 saturated carbocycles. The molecule has 2 rings (SSSR count). The number of nitrogens with zero attached hydrogens (tertiary/aromatic N) is 2. The number of hydrogen-bond acceptors (Lipinski definition) is 8. The number of alkyl halides is 6. The predicted molar refractivity (Wildman–Crippen MR) is 129 cm³/mol. The van der Waals surface area contributed by atoms with Crippen LogP contribution in [0.1, 0.15) is 14.5 Å². The van der Waals surface area contributed by atoms with E-state index in [9.17, 15) is 35.9 Å². The first-order valence-corrected chi connectivity index (χ1v) is 11.6. The minimum Gasteiger partial charge on any atom is -0.506 e. The van der Waals surface area contributed by atoms with Crippen LogP contribution in [0, 0.1) is 0 Å². The van der Waals surface area contributed by atoms with Crippen molar-refractivity contribution in [2.75, 3.05) is 41.3 Å². The molecule has 0 unspecified atom stereocenters. The van der Waals surface area contributed by atoms with E-state index in [1.807, 2.05) is 0 Å². The van der Waals surface area contributed by atoms with E-state index in [0.29, 0.717) is 0 Å². The summed E-state index contributed by atoms with van der Waals surface area (Å²) in [4.78, 5) is 26.2. The number of ketones is 2. The Kier molecular flexibility index (Phi) is 17.5. The van der Waals surface area contributed by atoms with Crippen molar-refractivity contribution in [2.24, 2.45) is 0 Å². The van der Waals surface area contributed by atoms with Crippen molar-refractivity contribution in [3.05, 3.63) is 62.7 Å². The SMILES string of the molecule is CN(C)CCN(C)C.O=C(/C=C(\O)C(F)(F)F)c1cccs1.O=C(/C=C(\O)c1cccs1)C(F)(F)F.[Zn]. The van der Waals surface area contributed by atoms with Gasteiger partial charge in [0.05, 0.1) is 9.75 Å². The Bertz CT molecular complexity index is 980. The van der Waals surface area contributed by atoms with Gasteiger partial charge >= 0.3 is 12.4 Å². The molecule has 0 aliphatic heterocycles. The van der Waals surface area contributed by atoms with E-state index in [1.165, 1.54) is 18.2 Å². The number of aliphatic hydroxyl groups is 2. The molecule has 6 nitrogen and oxygen atoms in total. The van der Waals surface area contributed by atoms with Crippen LogP contribution in [-0.2, 0) is 24.3 Å². The third-order valence-electron chi connectivity index (χ3n) is 3.64. The van der Waals surface area contributed by atoms with Crippen LogP contribution in [0.25, 0.3) is 5.76 Å². The first kappa shape index (κ1) is 37.1. The zero-order valence-corrected chi connectivity index (χ0v) is 25.0. The van der Waals surface area contributed by atoms with Crippen molar-refractivity contribution in [2.45, 2.75) is 12.4 Å². The summed E-state index contributed by atoms with van der Waals surface area (Å²) < 4.78 is 70.6. The van der Waals surface area contributed by atoms with Crippen molar-refractivity contribution in [3.8, 4) is 0 Å². The molecular weight excluding hydrogens is 600 g/mol. The fourth-order valence-corrected chi connectivity index (χ4v) is 3.07. The van der Waals surface area contributed by atoms with Crippen molar-refractivity contribution in [3.63, 3.8) is 0 Å². The molecule has 15 heteroatoms. The Balaban J connectivity index is 0. The second kappa shape index (κ2) is 17.5. The number of likely N-dealkylation sites (N-methyl/N-ethyl adjacent to an activating group) is 2. The summed E-state index contributed by atoms with van der Waals surface area (Å²) in [5.41, 5.74) is 0. The van der Waals surface area contributed by atoms with Gasteiger partial charge in [0.2, 0.25) is 5.76 Å². The van der Waals surface area contributed by atoms with Gasteiger partial charge < -0.3 is 20.0 Å². The van der Waals surface area contributed by atoms with Crippen LogP contribution in [0.15, 0.2) is 52.9 Å². The summed E-state index contributed by atoms with van der Waals surface area (Å²) in [6.45, 7) is 2.29. The smallest absolute Gasteiger partial charge is 0.454 e. The summed E-state index contributed by atoms with van der Waals surface area (Å²) in [6, 6.07) is 5.89. The van der Waals surface area contributed by atoms with Gasteiger partial charge in [-0.05, 0) is 51.1 Å². The molecule has 0 aromatic carbocycles. The first-order valence-electron chi connectivity index (χ1n) is 9.86. The minimum atomic E-state index is -4.94. The van der Waals surface area contributed by atoms with Crippen LogP contribution in [0.3, 0.4) is 0 Å². The molecule has 0 bridgehead atoms. The van der Waals surface area contributed by atoms with E-state index in [2.05, 4.69) is 38.0 Å². The monoisotopic (exact) mass is 624 g/mol. The van der Waals surface area contributed by atoms with E-state index in [-0.39, 0.29) is 41.4 Å². The Morgan fingerprint density at radius 1 is 0.811 bits per heavy atom. The molecule has 2 heterocycles. The average molecular weight is 626 g/mol. The molecule has 2 aromatic rings. The molecular formula is C22H26F6N2O4S2Zn. The van der Waals surface area contributed by atoms with Crippen molar-refractivity contribution in [1.29, 1.82) is 0 Å². The standard InChI is InChI=1S/2C8H5F3O2S.C6H16N2.Zn/c2*9-8(10,11)7(13)4-5(12)6-2-1-3-14-6;1-7(2)5-6-8(3)4;/h1-4,13H;1-4,12H;5-6H2,1-4H3;/b7-4-;5-4-;;. The topological polar surface area (TPSA) is 81.1 Å². The third-order valence-corrected chi connectivity index (χ3v) is 5.41. The van der Waals surface area contributed by atoms with Crippen LogP contribution >= 0.6 is 22.7 Å². The number of halogens is 6. The number of allylic oxidation sites excluding steroid dienone is 3. The average Bonchev–Trinajstić information content (AvgIpc) is 3.46. The maximum atomic E-state index is 11.8. The van der Waals surface area contributed by atoms with Gasteiger partial charge in [0.25, 0.3) is 5.78 Å². The summed E-state index contributed by atoms with van der Waals surface area (Å²) in [6.07, 6.45) is -9.46. The molecule has 2 N–H and O–H groups in total. The van der Waals surface area contributed by atoms with Crippen LogP contribution < -0.4 is 0 Å². The van der Waals surface area contributed by atoms with E-state index in [0.717, 1.165) is 35.8 Å². The quantitative estimate of drug-likeness (QED) is 0.133. The summed E-state index contributed by atoms with van der Waals surface area (Å²) in [7, 11) is 8.35. The van der Waals surface area contributed by atoms with Crippen LogP contribution in [-0.4, -0.2) is 85.2 Å². The van der Waals surface area contributed by atoms with E-state index < -0.39 is 35.4 Å².